The lowest BCUT2D eigenvalue weighted by Crippen LogP contribution is -2.42. The molecule has 2 rings (SSSR count). The third kappa shape index (κ3) is 3.89. The second-order valence-corrected chi connectivity index (χ2v) is 6.43. The van der Waals surface area contributed by atoms with Crippen molar-refractivity contribution in [1.29, 1.82) is 0 Å². The van der Waals surface area contributed by atoms with Gasteiger partial charge in [-0.3, -0.25) is 4.79 Å². The molecular weight excluding hydrogens is 276 g/mol. The van der Waals surface area contributed by atoms with Crippen molar-refractivity contribution in [2.24, 2.45) is 5.73 Å². The van der Waals surface area contributed by atoms with E-state index >= 15 is 0 Å². The van der Waals surface area contributed by atoms with Crippen molar-refractivity contribution < 1.29 is 4.79 Å². The minimum Gasteiger partial charge on any atom is -0.331 e. The van der Waals surface area contributed by atoms with Gasteiger partial charge in [-0.25, -0.2) is 0 Å². The van der Waals surface area contributed by atoms with Crippen molar-refractivity contribution in [2.45, 2.75) is 32.5 Å². The normalized spacial score (nSPS) is 12.3. The van der Waals surface area contributed by atoms with Crippen molar-refractivity contribution in [1.82, 2.24) is 4.90 Å². The smallest absolute Gasteiger partial charge is 0.240 e. The molecule has 1 unspecified atom stereocenters. The van der Waals surface area contributed by atoms with Crippen molar-refractivity contribution in [3.05, 3.63) is 44.8 Å². The molecule has 0 aliphatic rings. The number of nitrogens with two attached hydrogens (primary N) is 1. The molecule has 0 aliphatic carbocycles. The predicted molar refractivity (Wildman–Crippen MR) is 81.2 cm³/mol. The van der Waals surface area contributed by atoms with Gasteiger partial charge in [0.2, 0.25) is 5.91 Å². The molecule has 0 bridgehead atoms. The first-order valence-corrected chi connectivity index (χ1v) is 8.05. The lowest BCUT2D eigenvalue weighted by Gasteiger charge is -2.24. The summed E-state index contributed by atoms with van der Waals surface area (Å²) in [7, 11) is 0. The number of hydrogen-bond acceptors (Lipinski definition) is 4. The van der Waals surface area contributed by atoms with E-state index in [1.165, 1.54) is 9.75 Å². The van der Waals surface area contributed by atoms with Crippen LogP contribution in [0.15, 0.2) is 35.0 Å². The summed E-state index contributed by atoms with van der Waals surface area (Å²) in [6.07, 6.45) is 0.671. The lowest BCUT2D eigenvalue weighted by atomic mass is 10.2. The molecule has 3 nitrogen and oxygen atoms in total. The maximum Gasteiger partial charge on any atom is 0.240 e. The first kappa shape index (κ1) is 14.2. The first-order chi connectivity index (χ1) is 9.20. The highest BCUT2D eigenvalue weighted by Crippen LogP contribution is 2.18. The van der Waals surface area contributed by atoms with Gasteiger partial charge in [0.05, 0.1) is 19.1 Å². The summed E-state index contributed by atoms with van der Waals surface area (Å²) in [5.41, 5.74) is 5.89. The number of thiophene rings is 2. The Kier molecular flexibility index (Phi) is 5.13. The zero-order valence-corrected chi connectivity index (χ0v) is 12.5. The van der Waals surface area contributed by atoms with Gasteiger partial charge >= 0.3 is 0 Å². The Morgan fingerprint density at radius 3 is 2.11 bits per heavy atom. The Bertz CT molecular complexity index is 457. The molecular formula is C14H18N2OS2. The molecule has 0 spiro atoms. The van der Waals surface area contributed by atoms with Crippen LogP contribution in [0.3, 0.4) is 0 Å². The van der Waals surface area contributed by atoms with Crippen molar-refractivity contribution in [3.63, 3.8) is 0 Å². The van der Waals surface area contributed by atoms with Crippen molar-refractivity contribution in [3.8, 4) is 0 Å². The van der Waals surface area contributed by atoms with Gasteiger partial charge in [-0.05, 0) is 29.3 Å². The molecule has 0 radical (unpaired) electrons. The molecule has 1 amide bonds. The zero-order valence-electron chi connectivity index (χ0n) is 10.9. The van der Waals surface area contributed by atoms with Crippen LogP contribution in [0.25, 0.3) is 0 Å². The SMILES string of the molecule is CCC(N)C(=O)N(Cc1cccs1)Cc1cccs1. The highest BCUT2D eigenvalue weighted by Gasteiger charge is 2.20. The summed E-state index contributed by atoms with van der Waals surface area (Å²) in [5, 5.41) is 4.06. The zero-order chi connectivity index (χ0) is 13.7. The van der Waals surface area contributed by atoms with Crippen LogP contribution < -0.4 is 5.73 Å². The van der Waals surface area contributed by atoms with Crippen LogP contribution in [0, 0.1) is 0 Å². The Hall–Kier alpha value is -1.17. The van der Waals surface area contributed by atoms with Crippen molar-refractivity contribution in [2.75, 3.05) is 0 Å². The highest BCUT2D eigenvalue weighted by molar-refractivity contribution is 7.10. The topological polar surface area (TPSA) is 46.3 Å². The maximum absolute atomic E-state index is 12.3. The summed E-state index contributed by atoms with van der Waals surface area (Å²) in [5.74, 6) is 0.0318. The van der Waals surface area contributed by atoms with E-state index in [0.29, 0.717) is 19.5 Å². The van der Waals surface area contributed by atoms with E-state index in [1.54, 1.807) is 22.7 Å². The Labute approximate surface area is 121 Å². The fraction of sp³-hybridized carbons (Fsp3) is 0.357. The Balaban J connectivity index is 2.10. The van der Waals surface area contributed by atoms with E-state index in [9.17, 15) is 4.79 Å². The predicted octanol–water partition coefficient (Wildman–Crippen LogP) is 3.08. The van der Waals surface area contributed by atoms with Crippen LogP contribution in [0.2, 0.25) is 0 Å². The molecule has 19 heavy (non-hydrogen) atoms. The molecule has 2 aromatic rings. The number of amides is 1. The van der Waals surface area contributed by atoms with E-state index in [1.807, 2.05) is 34.7 Å². The number of rotatable bonds is 6. The molecule has 2 heterocycles. The number of carbonyl (C=O) groups excluding carboxylic acids is 1. The molecule has 0 saturated heterocycles. The molecule has 0 fully saturated rings. The average Bonchev–Trinajstić information content (AvgIpc) is 3.09. The molecule has 0 aliphatic heterocycles. The molecule has 5 heteroatoms. The van der Waals surface area contributed by atoms with Gasteiger partial charge in [-0.1, -0.05) is 19.1 Å². The third-order valence-electron chi connectivity index (χ3n) is 2.92. The van der Waals surface area contributed by atoms with Gasteiger partial charge in [0, 0.05) is 9.75 Å². The molecule has 0 aromatic carbocycles. The summed E-state index contributed by atoms with van der Waals surface area (Å²) >= 11 is 3.34. The number of carbonyl (C=O) groups is 1. The van der Waals surface area contributed by atoms with E-state index in [0.717, 1.165) is 0 Å². The van der Waals surface area contributed by atoms with Crippen LogP contribution in [-0.2, 0) is 17.9 Å². The molecule has 2 aromatic heterocycles. The minimum atomic E-state index is -0.403. The second kappa shape index (κ2) is 6.84. The van der Waals surface area contributed by atoms with Crippen LogP contribution in [0.4, 0.5) is 0 Å². The minimum absolute atomic E-state index is 0.0318. The second-order valence-electron chi connectivity index (χ2n) is 4.37. The molecule has 1 atom stereocenters. The van der Waals surface area contributed by atoms with Crippen LogP contribution in [-0.4, -0.2) is 16.8 Å². The van der Waals surface area contributed by atoms with E-state index in [2.05, 4.69) is 12.1 Å². The van der Waals surface area contributed by atoms with Gasteiger partial charge in [-0.15, -0.1) is 22.7 Å². The standard InChI is InChI=1S/C14H18N2OS2/c1-2-13(15)14(17)16(9-11-5-3-7-18-11)10-12-6-4-8-19-12/h3-8,13H,2,9-10,15H2,1H3. The number of hydrogen-bond donors (Lipinski definition) is 1. The molecule has 102 valence electrons. The average molecular weight is 294 g/mol. The lowest BCUT2D eigenvalue weighted by molar-refractivity contribution is -0.133. The van der Waals surface area contributed by atoms with E-state index < -0.39 is 6.04 Å². The monoisotopic (exact) mass is 294 g/mol. The quantitative estimate of drug-likeness (QED) is 0.890. The number of nitrogens with zero attached hydrogens (tertiary/aromatic N) is 1. The fourth-order valence-electron chi connectivity index (χ4n) is 1.80. The Morgan fingerprint density at radius 2 is 1.74 bits per heavy atom. The van der Waals surface area contributed by atoms with E-state index in [4.69, 9.17) is 5.73 Å². The third-order valence-corrected chi connectivity index (χ3v) is 4.64. The summed E-state index contributed by atoms with van der Waals surface area (Å²) in [4.78, 5) is 16.6. The summed E-state index contributed by atoms with van der Waals surface area (Å²) < 4.78 is 0. The van der Waals surface area contributed by atoms with Crippen LogP contribution >= 0.6 is 22.7 Å². The van der Waals surface area contributed by atoms with E-state index in [-0.39, 0.29) is 5.91 Å². The van der Waals surface area contributed by atoms with Crippen molar-refractivity contribution >= 4 is 28.6 Å². The summed E-state index contributed by atoms with van der Waals surface area (Å²) in [6, 6.07) is 7.72. The van der Waals surface area contributed by atoms with Gasteiger partial charge in [0.25, 0.3) is 0 Å². The maximum atomic E-state index is 12.3. The Morgan fingerprint density at radius 1 is 1.21 bits per heavy atom. The first-order valence-electron chi connectivity index (χ1n) is 6.29. The van der Waals surface area contributed by atoms with Gasteiger partial charge in [0.1, 0.15) is 0 Å². The summed E-state index contributed by atoms with van der Waals surface area (Å²) in [6.45, 7) is 3.22. The van der Waals surface area contributed by atoms with Crippen LogP contribution in [0.1, 0.15) is 23.1 Å². The fourth-order valence-corrected chi connectivity index (χ4v) is 3.24. The van der Waals surface area contributed by atoms with Crippen LogP contribution in [0.5, 0.6) is 0 Å². The molecule has 0 saturated carbocycles. The van der Waals surface area contributed by atoms with Gasteiger partial charge in [0.15, 0.2) is 0 Å². The largest absolute Gasteiger partial charge is 0.331 e. The van der Waals surface area contributed by atoms with Gasteiger partial charge < -0.3 is 10.6 Å². The molecule has 2 N–H and O–H groups in total. The highest BCUT2D eigenvalue weighted by atomic mass is 32.1. The van der Waals surface area contributed by atoms with Gasteiger partial charge in [-0.2, -0.15) is 0 Å².